The number of aromatic nitrogens is 2. The summed E-state index contributed by atoms with van der Waals surface area (Å²) in [7, 11) is -3.60. The molecule has 176 valence electrons. The van der Waals surface area contributed by atoms with E-state index in [0.29, 0.717) is 49.0 Å². The van der Waals surface area contributed by atoms with Crippen molar-refractivity contribution < 1.29 is 17.9 Å². The van der Waals surface area contributed by atoms with Gasteiger partial charge in [-0.1, -0.05) is 24.6 Å². The predicted octanol–water partition coefficient (Wildman–Crippen LogP) is 3.69. The number of ether oxygens (including phenoxy) is 1. The molecular weight excluding hydrogens is 464 g/mol. The van der Waals surface area contributed by atoms with E-state index < -0.39 is 10.0 Å². The number of carbonyl (C=O) groups excluding carboxylic acids is 1. The molecule has 0 atom stereocenters. The zero-order valence-electron chi connectivity index (χ0n) is 18.5. The molecule has 0 bridgehead atoms. The molecule has 10 heteroatoms. The van der Waals surface area contributed by atoms with E-state index in [0.717, 1.165) is 24.3 Å². The van der Waals surface area contributed by atoms with Gasteiger partial charge in [-0.2, -0.15) is 4.31 Å². The third kappa shape index (κ3) is 5.38. The first-order chi connectivity index (χ1) is 15.9. The smallest absolute Gasteiger partial charge is 0.243 e. The van der Waals surface area contributed by atoms with Gasteiger partial charge in [-0.05, 0) is 42.8 Å². The van der Waals surface area contributed by atoms with Crippen molar-refractivity contribution in [2.75, 3.05) is 31.6 Å². The van der Waals surface area contributed by atoms with Crippen LogP contribution in [0.3, 0.4) is 0 Å². The lowest BCUT2D eigenvalue weighted by atomic mass is 10.2. The molecule has 0 aliphatic carbocycles. The molecule has 0 spiro atoms. The van der Waals surface area contributed by atoms with E-state index in [2.05, 4.69) is 16.8 Å². The van der Waals surface area contributed by atoms with Crippen LogP contribution in [-0.2, 0) is 32.5 Å². The molecule has 2 heterocycles. The molecule has 0 radical (unpaired) electrons. The number of anilines is 1. The van der Waals surface area contributed by atoms with Crippen molar-refractivity contribution in [2.45, 2.75) is 37.6 Å². The average Bonchev–Trinajstić information content (AvgIpc) is 3.15. The van der Waals surface area contributed by atoms with Crippen LogP contribution in [0, 0.1) is 0 Å². The minimum absolute atomic E-state index is 0.136. The summed E-state index contributed by atoms with van der Waals surface area (Å²) in [5, 5.41) is 3.40. The second kappa shape index (κ2) is 10.2. The van der Waals surface area contributed by atoms with E-state index >= 15 is 0 Å². The van der Waals surface area contributed by atoms with Crippen LogP contribution < -0.4 is 5.32 Å². The fourth-order valence-electron chi connectivity index (χ4n) is 3.93. The Morgan fingerprint density at radius 3 is 2.70 bits per heavy atom. The number of benzene rings is 2. The minimum Gasteiger partial charge on any atom is -0.379 e. The maximum Gasteiger partial charge on any atom is 0.243 e. The minimum atomic E-state index is -3.60. The summed E-state index contributed by atoms with van der Waals surface area (Å²) in [6.45, 7) is 4.29. The van der Waals surface area contributed by atoms with Crippen LogP contribution in [-0.4, -0.2) is 54.5 Å². The number of aryl methyl sites for hydroxylation is 2. The van der Waals surface area contributed by atoms with Gasteiger partial charge in [0, 0.05) is 43.2 Å². The number of nitrogens with zero attached hydrogens (tertiary/aromatic N) is 3. The standard InChI is InChI=1S/C23H27ClN4O4S/c1-2-10-28-21-7-6-19(33(30,31)27-11-13-32-14-12-27)16-20(21)26-22(28)8-9-23(29)25-18-5-3-4-17(24)15-18/h3-7,15-16H,2,8-14H2,1H3,(H,25,29). The highest BCUT2D eigenvalue weighted by Crippen LogP contribution is 2.24. The Bertz CT molecular complexity index is 1250. The van der Waals surface area contributed by atoms with Crippen LogP contribution in [0.25, 0.3) is 11.0 Å². The second-order valence-electron chi connectivity index (χ2n) is 7.91. The van der Waals surface area contributed by atoms with Gasteiger partial charge < -0.3 is 14.6 Å². The molecule has 0 saturated carbocycles. The molecule has 1 N–H and O–H groups in total. The molecule has 2 aromatic carbocycles. The van der Waals surface area contributed by atoms with E-state index in [1.165, 1.54) is 4.31 Å². The summed E-state index contributed by atoms with van der Waals surface area (Å²) in [5.74, 6) is 0.622. The van der Waals surface area contributed by atoms with E-state index in [4.69, 9.17) is 21.3 Å². The molecular formula is C23H27ClN4O4S. The number of nitrogens with one attached hydrogen (secondary N) is 1. The quantitative estimate of drug-likeness (QED) is 0.519. The number of carbonyl (C=O) groups is 1. The van der Waals surface area contributed by atoms with Gasteiger partial charge in [-0.25, -0.2) is 13.4 Å². The van der Waals surface area contributed by atoms with Crippen molar-refractivity contribution in [1.82, 2.24) is 13.9 Å². The van der Waals surface area contributed by atoms with Crippen LogP contribution in [0.1, 0.15) is 25.6 Å². The Kier molecular flexibility index (Phi) is 7.33. The summed E-state index contributed by atoms with van der Waals surface area (Å²) in [6, 6.07) is 12.1. The van der Waals surface area contributed by atoms with Crippen molar-refractivity contribution in [3.63, 3.8) is 0 Å². The first-order valence-corrected chi connectivity index (χ1v) is 12.8. The van der Waals surface area contributed by atoms with Gasteiger partial charge in [0.15, 0.2) is 0 Å². The molecule has 3 aromatic rings. The Morgan fingerprint density at radius 2 is 1.97 bits per heavy atom. The molecule has 1 amide bonds. The monoisotopic (exact) mass is 490 g/mol. The third-order valence-electron chi connectivity index (χ3n) is 5.54. The van der Waals surface area contributed by atoms with Gasteiger partial charge in [0.2, 0.25) is 15.9 Å². The zero-order chi connectivity index (χ0) is 23.4. The molecule has 1 saturated heterocycles. The van der Waals surface area contributed by atoms with Crippen molar-refractivity contribution in [3.8, 4) is 0 Å². The number of morpholine rings is 1. The third-order valence-corrected chi connectivity index (χ3v) is 7.67. The summed E-state index contributed by atoms with van der Waals surface area (Å²) in [4.78, 5) is 17.4. The van der Waals surface area contributed by atoms with E-state index in [9.17, 15) is 13.2 Å². The van der Waals surface area contributed by atoms with Gasteiger partial charge >= 0.3 is 0 Å². The van der Waals surface area contributed by atoms with Crippen molar-refractivity contribution in [1.29, 1.82) is 0 Å². The molecule has 33 heavy (non-hydrogen) atoms. The Morgan fingerprint density at radius 1 is 1.18 bits per heavy atom. The Balaban J connectivity index is 1.55. The largest absolute Gasteiger partial charge is 0.379 e. The highest BCUT2D eigenvalue weighted by atomic mass is 35.5. The van der Waals surface area contributed by atoms with E-state index in [1.54, 1.807) is 42.5 Å². The molecule has 1 aliphatic rings. The van der Waals surface area contributed by atoms with Gasteiger partial charge in [0.1, 0.15) is 5.82 Å². The predicted molar refractivity (Wildman–Crippen MR) is 128 cm³/mol. The number of imidazole rings is 1. The average molecular weight is 491 g/mol. The molecule has 0 unspecified atom stereocenters. The van der Waals surface area contributed by atoms with E-state index in [1.807, 2.05) is 0 Å². The SMILES string of the molecule is CCCn1c(CCC(=O)Nc2cccc(Cl)c2)nc2cc(S(=O)(=O)N3CCOCC3)ccc21. The van der Waals surface area contributed by atoms with Crippen LogP contribution in [0.15, 0.2) is 47.4 Å². The maximum absolute atomic E-state index is 13.0. The van der Waals surface area contributed by atoms with E-state index in [-0.39, 0.29) is 17.2 Å². The summed E-state index contributed by atoms with van der Waals surface area (Å²) < 4.78 is 34.9. The van der Waals surface area contributed by atoms with Crippen LogP contribution >= 0.6 is 11.6 Å². The van der Waals surface area contributed by atoms with Gasteiger partial charge in [0.25, 0.3) is 0 Å². The molecule has 8 nitrogen and oxygen atoms in total. The molecule has 4 rings (SSSR count). The molecule has 1 fully saturated rings. The number of amides is 1. The summed E-state index contributed by atoms with van der Waals surface area (Å²) in [6.07, 6.45) is 1.58. The van der Waals surface area contributed by atoms with Crippen LogP contribution in [0.5, 0.6) is 0 Å². The fraction of sp³-hybridized carbons (Fsp3) is 0.391. The number of hydrogen-bond acceptors (Lipinski definition) is 5. The van der Waals surface area contributed by atoms with Crippen LogP contribution in [0.4, 0.5) is 5.69 Å². The lowest BCUT2D eigenvalue weighted by Gasteiger charge is -2.26. The number of fused-ring (bicyclic) bond motifs is 1. The summed E-state index contributed by atoms with van der Waals surface area (Å²) >= 11 is 5.98. The maximum atomic E-state index is 13.0. The number of sulfonamides is 1. The van der Waals surface area contributed by atoms with Gasteiger partial charge in [-0.3, -0.25) is 4.79 Å². The zero-order valence-corrected chi connectivity index (χ0v) is 20.0. The highest BCUT2D eigenvalue weighted by Gasteiger charge is 2.27. The first kappa shape index (κ1) is 23.7. The molecule has 1 aromatic heterocycles. The Labute approximate surface area is 198 Å². The second-order valence-corrected chi connectivity index (χ2v) is 10.3. The number of hydrogen-bond donors (Lipinski definition) is 1. The lowest BCUT2D eigenvalue weighted by Crippen LogP contribution is -2.40. The normalized spacial score (nSPS) is 15.1. The van der Waals surface area contributed by atoms with Gasteiger partial charge in [-0.15, -0.1) is 0 Å². The molecule has 1 aliphatic heterocycles. The first-order valence-electron chi connectivity index (χ1n) is 11.0. The highest BCUT2D eigenvalue weighted by molar-refractivity contribution is 7.89. The topological polar surface area (TPSA) is 93.5 Å². The lowest BCUT2D eigenvalue weighted by molar-refractivity contribution is -0.116. The van der Waals surface area contributed by atoms with Crippen molar-refractivity contribution in [3.05, 3.63) is 53.3 Å². The summed E-state index contributed by atoms with van der Waals surface area (Å²) in [5.41, 5.74) is 2.12. The van der Waals surface area contributed by atoms with Gasteiger partial charge in [0.05, 0.1) is 29.1 Å². The fourth-order valence-corrected chi connectivity index (χ4v) is 5.55. The number of halogens is 1. The number of rotatable bonds is 8. The van der Waals surface area contributed by atoms with Crippen LogP contribution in [0.2, 0.25) is 5.02 Å². The van der Waals surface area contributed by atoms with Crippen molar-refractivity contribution in [2.24, 2.45) is 0 Å². The Hall–Kier alpha value is -2.46. The van der Waals surface area contributed by atoms with Crippen molar-refractivity contribution >= 4 is 44.3 Å².